The second-order valence-electron chi connectivity index (χ2n) is 6.19. The quantitative estimate of drug-likeness (QED) is 0.598. The van der Waals surface area contributed by atoms with Crippen molar-refractivity contribution in [1.82, 2.24) is 0 Å². The highest BCUT2D eigenvalue weighted by molar-refractivity contribution is 9.11. The number of anilines is 1. The highest BCUT2D eigenvalue weighted by Gasteiger charge is 2.31. The molecular weight excluding hydrogens is 498 g/mol. The average Bonchev–Trinajstić information content (AvgIpc) is 2.95. The number of carbonyl (C=O) groups is 1. The lowest BCUT2D eigenvalue weighted by Crippen LogP contribution is -2.43. The normalized spacial score (nSPS) is 17.7. The van der Waals surface area contributed by atoms with Gasteiger partial charge in [-0.05, 0) is 59.3 Å². The summed E-state index contributed by atoms with van der Waals surface area (Å²) in [5, 5.41) is 1.16. The summed E-state index contributed by atoms with van der Waals surface area (Å²) in [5.74, 6) is 0.0830. The van der Waals surface area contributed by atoms with E-state index in [1.807, 2.05) is 43.3 Å². The van der Waals surface area contributed by atoms with Crippen LogP contribution < -0.4 is 9.64 Å². The van der Waals surface area contributed by atoms with Gasteiger partial charge in [-0.3, -0.25) is 4.79 Å². The summed E-state index contributed by atoms with van der Waals surface area (Å²) in [6.45, 7) is 1.74. The van der Waals surface area contributed by atoms with Crippen LogP contribution in [0.3, 0.4) is 0 Å². The van der Waals surface area contributed by atoms with E-state index in [-0.39, 0.29) is 18.3 Å². The highest BCUT2D eigenvalue weighted by Crippen LogP contribution is 2.29. The number of ether oxygens (including phenoxy) is 1. The predicted octanol–water partition coefficient (Wildman–Crippen LogP) is 4.24. The van der Waals surface area contributed by atoms with Gasteiger partial charge in [-0.2, -0.15) is 0 Å². The first-order valence-corrected chi connectivity index (χ1v) is 11.4. The Morgan fingerprint density at radius 1 is 1.19 bits per heavy atom. The topological polar surface area (TPSA) is 63.7 Å². The van der Waals surface area contributed by atoms with Gasteiger partial charge in [-0.15, -0.1) is 0 Å². The number of amides is 1. The SMILES string of the molecule is Cc1ccc(N(C(=O)COc2ccc(Br)cc2Br)C2C=CS(=O)(=O)C2)cc1. The monoisotopic (exact) mass is 513 g/mol. The third-order valence-corrected chi connectivity index (χ3v) is 6.56. The molecule has 0 fully saturated rings. The van der Waals surface area contributed by atoms with Crippen molar-refractivity contribution in [3.8, 4) is 5.75 Å². The van der Waals surface area contributed by atoms with Gasteiger partial charge in [0, 0.05) is 15.6 Å². The van der Waals surface area contributed by atoms with Gasteiger partial charge in [0.15, 0.2) is 16.4 Å². The van der Waals surface area contributed by atoms with E-state index in [0.717, 1.165) is 19.9 Å². The van der Waals surface area contributed by atoms with Crippen LogP contribution in [-0.4, -0.2) is 32.7 Å². The van der Waals surface area contributed by atoms with Crippen molar-refractivity contribution in [2.24, 2.45) is 0 Å². The van der Waals surface area contributed by atoms with Crippen LogP contribution in [0.15, 0.2) is 62.9 Å². The van der Waals surface area contributed by atoms with E-state index in [4.69, 9.17) is 4.74 Å². The second kappa shape index (κ2) is 8.16. The first-order valence-electron chi connectivity index (χ1n) is 8.13. The largest absolute Gasteiger partial charge is 0.483 e. The minimum absolute atomic E-state index is 0.130. The van der Waals surface area contributed by atoms with Gasteiger partial charge >= 0.3 is 0 Å². The summed E-state index contributed by atoms with van der Waals surface area (Å²) in [6, 6.07) is 12.2. The zero-order chi connectivity index (χ0) is 19.6. The number of hydrogen-bond acceptors (Lipinski definition) is 4. The zero-order valence-corrected chi connectivity index (χ0v) is 18.4. The number of carbonyl (C=O) groups excluding carboxylic acids is 1. The smallest absolute Gasteiger partial charge is 0.265 e. The number of sulfone groups is 1. The minimum Gasteiger partial charge on any atom is -0.483 e. The summed E-state index contributed by atoms with van der Waals surface area (Å²) in [7, 11) is -3.30. The summed E-state index contributed by atoms with van der Waals surface area (Å²) in [5.41, 5.74) is 1.69. The fourth-order valence-electron chi connectivity index (χ4n) is 2.75. The van der Waals surface area contributed by atoms with E-state index in [1.165, 1.54) is 4.90 Å². The summed E-state index contributed by atoms with van der Waals surface area (Å²) >= 11 is 6.76. The van der Waals surface area contributed by atoms with E-state index in [1.54, 1.807) is 12.1 Å². The van der Waals surface area contributed by atoms with E-state index in [0.29, 0.717) is 11.4 Å². The summed E-state index contributed by atoms with van der Waals surface area (Å²) < 4.78 is 30.9. The lowest BCUT2D eigenvalue weighted by Gasteiger charge is -2.28. The molecule has 3 rings (SSSR count). The van der Waals surface area contributed by atoms with Crippen LogP contribution in [0.5, 0.6) is 5.75 Å². The van der Waals surface area contributed by atoms with Crippen molar-refractivity contribution >= 4 is 53.3 Å². The molecule has 1 unspecified atom stereocenters. The van der Waals surface area contributed by atoms with Crippen molar-refractivity contribution in [3.05, 3.63) is 68.5 Å². The first-order chi connectivity index (χ1) is 12.7. The summed E-state index contributed by atoms with van der Waals surface area (Å²) in [6.07, 6.45) is 1.54. The lowest BCUT2D eigenvalue weighted by molar-refractivity contribution is -0.120. The average molecular weight is 515 g/mol. The van der Waals surface area contributed by atoms with Crippen LogP contribution >= 0.6 is 31.9 Å². The molecule has 0 spiro atoms. The Labute approximate surface area is 175 Å². The lowest BCUT2D eigenvalue weighted by atomic mass is 10.1. The maximum atomic E-state index is 12.9. The molecule has 142 valence electrons. The van der Waals surface area contributed by atoms with Crippen molar-refractivity contribution in [3.63, 3.8) is 0 Å². The molecule has 0 saturated heterocycles. The van der Waals surface area contributed by atoms with Crippen LogP contribution in [-0.2, 0) is 14.6 Å². The number of rotatable bonds is 5. The Kier molecular flexibility index (Phi) is 6.08. The Morgan fingerprint density at radius 3 is 2.48 bits per heavy atom. The maximum Gasteiger partial charge on any atom is 0.265 e. The molecule has 1 aliphatic rings. The molecule has 0 aliphatic carbocycles. The molecule has 8 heteroatoms. The number of nitrogens with zero attached hydrogens (tertiary/aromatic N) is 1. The molecule has 0 radical (unpaired) electrons. The predicted molar refractivity (Wildman–Crippen MR) is 113 cm³/mol. The number of benzene rings is 2. The van der Waals surface area contributed by atoms with Gasteiger partial charge in [-0.1, -0.05) is 33.6 Å². The highest BCUT2D eigenvalue weighted by atomic mass is 79.9. The molecule has 5 nitrogen and oxygen atoms in total. The second-order valence-corrected chi connectivity index (χ2v) is 9.89. The Balaban J connectivity index is 1.82. The number of hydrogen-bond donors (Lipinski definition) is 0. The zero-order valence-electron chi connectivity index (χ0n) is 14.4. The van der Waals surface area contributed by atoms with Gasteiger partial charge in [0.05, 0.1) is 16.3 Å². The van der Waals surface area contributed by atoms with Crippen molar-refractivity contribution in [2.45, 2.75) is 13.0 Å². The van der Waals surface area contributed by atoms with E-state index < -0.39 is 15.9 Å². The van der Waals surface area contributed by atoms with Gasteiger partial charge in [0.25, 0.3) is 5.91 Å². The van der Waals surface area contributed by atoms with Gasteiger partial charge < -0.3 is 9.64 Å². The van der Waals surface area contributed by atoms with Crippen molar-refractivity contribution < 1.29 is 17.9 Å². The van der Waals surface area contributed by atoms with E-state index in [2.05, 4.69) is 31.9 Å². The Hall–Kier alpha value is -1.64. The third kappa shape index (κ3) is 5.00. The van der Waals surface area contributed by atoms with Crippen LogP contribution in [0.4, 0.5) is 5.69 Å². The summed E-state index contributed by atoms with van der Waals surface area (Å²) in [4.78, 5) is 14.4. The molecular formula is C19H17Br2NO4S. The van der Waals surface area contributed by atoms with E-state index in [9.17, 15) is 13.2 Å². The first kappa shape index (κ1) is 20.1. The fraction of sp³-hybridized carbons (Fsp3) is 0.211. The van der Waals surface area contributed by atoms with Crippen LogP contribution in [0.2, 0.25) is 0 Å². The van der Waals surface area contributed by atoms with Gasteiger partial charge in [0.1, 0.15) is 5.75 Å². The van der Waals surface area contributed by atoms with Crippen LogP contribution in [0, 0.1) is 6.92 Å². The molecule has 27 heavy (non-hydrogen) atoms. The molecule has 2 aromatic carbocycles. The van der Waals surface area contributed by atoms with Crippen molar-refractivity contribution in [2.75, 3.05) is 17.3 Å². The van der Waals surface area contributed by atoms with Crippen LogP contribution in [0.25, 0.3) is 0 Å². The molecule has 0 saturated carbocycles. The number of halogens is 2. The van der Waals surface area contributed by atoms with Crippen molar-refractivity contribution in [1.29, 1.82) is 0 Å². The third-order valence-electron chi connectivity index (χ3n) is 4.07. The number of aryl methyl sites for hydroxylation is 1. The van der Waals surface area contributed by atoms with Gasteiger partial charge in [-0.25, -0.2) is 8.42 Å². The molecule has 1 heterocycles. The minimum atomic E-state index is -3.30. The molecule has 1 amide bonds. The molecule has 0 bridgehead atoms. The maximum absolute atomic E-state index is 12.9. The Morgan fingerprint density at radius 2 is 1.89 bits per heavy atom. The standard InChI is InChI=1S/C19H17Br2NO4S/c1-13-2-5-15(6-3-13)22(16-8-9-27(24,25)12-16)19(23)11-26-18-7-4-14(20)10-17(18)21/h2-10,16H,11-12H2,1H3. The van der Waals surface area contributed by atoms with Crippen LogP contribution in [0.1, 0.15) is 5.56 Å². The van der Waals surface area contributed by atoms with E-state index >= 15 is 0 Å². The molecule has 0 aromatic heterocycles. The molecule has 1 aliphatic heterocycles. The molecule has 2 aromatic rings. The molecule has 1 atom stereocenters. The van der Waals surface area contributed by atoms with Gasteiger partial charge in [0.2, 0.25) is 0 Å². The Bertz CT molecular complexity index is 987. The molecule has 0 N–H and O–H groups in total. The fourth-order valence-corrected chi connectivity index (χ4v) is 5.18.